The highest BCUT2D eigenvalue weighted by Gasteiger charge is 2.07. The van der Waals surface area contributed by atoms with E-state index in [1.807, 2.05) is 32.0 Å². The van der Waals surface area contributed by atoms with Gasteiger partial charge in [-0.05, 0) is 31.4 Å². The highest BCUT2D eigenvalue weighted by molar-refractivity contribution is 5.81. The predicted octanol–water partition coefficient (Wildman–Crippen LogP) is 1.23. The number of nitrogens with one attached hydrogen (secondary N) is 2. The van der Waals surface area contributed by atoms with Crippen molar-refractivity contribution < 1.29 is 14.6 Å². The lowest BCUT2D eigenvalue weighted by atomic mass is 10.1. The van der Waals surface area contributed by atoms with Crippen LogP contribution in [0.4, 0.5) is 5.69 Å². The maximum atomic E-state index is 11.7. The first-order valence-corrected chi connectivity index (χ1v) is 6.78. The van der Waals surface area contributed by atoms with Crippen LogP contribution in [0, 0.1) is 13.8 Å². The molecule has 3 N–H and O–H groups in total. The number of amides is 1. The molecule has 0 saturated carbocycles. The molecule has 0 spiro atoms. The van der Waals surface area contributed by atoms with Gasteiger partial charge >= 0.3 is 0 Å². The van der Waals surface area contributed by atoms with Crippen molar-refractivity contribution in [3.63, 3.8) is 0 Å². The van der Waals surface area contributed by atoms with Crippen molar-refractivity contribution in [2.75, 3.05) is 32.1 Å². The summed E-state index contributed by atoms with van der Waals surface area (Å²) in [6, 6.07) is 6.01. The van der Waals surface area contributed by atoms with E-state index in [0.717, 1.165) is 16.8 Å². The summed E-state index contributed by atoms with van der Waals surface area (Å²) in [7, 11) is 1.54. The number of aliphatic hydroxyl groups is 1. The molecular formula is C15H24N2O3. The van der Waals surface area contributed by atoms with Crippen molar-refractivity contribution in [2.24, 2.45) is 0 Å². The Morgan fingerprint density at radius 3 is 2.60 bits per heavy atom. The number of benzene rings is 1. The zero-order chi connectivity index (χ0) is 15.0. The Hall–Kier alpha value is -1.59. The predicted molar refractivity (Wildman–Crippen MR) is 79.9 cm³/mol. The van der Waals surface area contributed by atoms with Gasteiger partial charge in [-0.25, -0.2) is 0 Å². The molecule has 1 aromatic carbocycles. The molecule has 1 atom stereocenters. The molecule has 0 aliphatic rings. The first kappa shape index (κ1) is 16.5. The molecule has 0 fully saturated rings. The van der Waals surface area contributed by atoms with E-state index in [-0.39, 0.29) is 19.1 Å². The molecule has 0 radical (unpaired) electrons. The van der Waals surface area contributed by atoms with Crippen molar-refractivity contribution in [3.8, 4) is 0 Å². The normalized spacial score (nSPS) is 12.0. The average molecular weight is 280 g/mol. The van der Waals surface area contributed by atoms with Gasteiger partial charge in [-0.1, -0.05) is 18.2 Å². The van der Waals surface area contributed by atoms with Gasteiger partial charge in [0.15, 0.2) is 0 Å². The molecule has 0 bridgehead atoms. The molecule has 112 valence electrons. The number of ether oxygens (including phenoxy) is 1. The fraction of sp³-hybridized carbons (Fsp3) is 0.533. The SMILES string of the molecule is COCC(O)CCNC(=O)CNc1c(C)cccc1C. The second kappa shape index (κ2) is 8.55. The number of aliphatic hydroxyl groups excluding tert-OH is 1. The van der Waals surface area contributed by atoms with Gasteiger partial charge in [0.1, 0.15) is 0 Å². The first-order chi connectivity index (χ1) is 9.54. The third kappa shape index (κ3) is 5.59. The van der Waals surface area contributed by atoms with Gasteiger partial charge in [0.2, 0.25) is 5.91 Å². The summed E-state index contributed by atoms with van der Waals surface area (Å²) in [5, 5.41) is 15.4. The van der Waals surface area contributed by atoms with Gasteiger partial charge in [0.25, 0.3) is 0 Å². The maximum absolute atomic E-state index is 11.7. The van der Waals surface area contributed by atoms with E-state index in [1.54, 1.807) is 0 Å². The number of anilines is 1. The molecule has 0 heterocycles. The second-order valence-corrected chi connectivity index (χ2v) is 4.87. The molecular weight excluding hydrogens is 256 g/mol. The highest BCUT2D eigenvalue weighted by Crippen LogP contribution is 2.18. The van der Waals surface area contributed by atoms with E-state index in [2.05, 4.69) is 10.6 Å². The van der Waals surface area contributed by atoms with Crippen LogP contribution in [0.1, 0.15) is 17.5 Å². The van der Waals surface area contributed by atoms with Crippen LogP contribution in [-0.4, -0.2) is 43.9 Å². The molecule has 0 aliphatic heterocycles. The minimum Gasteiger partial charge on any atom is -0.391 e. The monoisotopic (exact) mass is 280 g/mol. The van der Waals surface area contributed by atoms with E-state index < -0.39 is 6.10 Å². The number of carbonyl (C=O) groups is 1. The summed E-state index contributed by atoms with van der Waals surface area (Å²) in [6.07, 6.45) is -0.0462. The maximum Gasteiger partial charge on any atom is 0.239 e. The van der Waals surface area contributed by atoms with E-state index >= 15 is 0 Å². The number of hydrogen-bond donors (Lipinski definition) is 3. The van der Waals surface area contributed by atoms with E-state index in [4.69, 9.17) is 4.74 Å². The summed E-state index contributed by atoms with van der Waals surface area (Å²) in [4.78, 5) is 11.7. The number of carbonyl (C=O) groups excluding carboxylic acids is 1. The minimum absolute atomic E-state index is 0.0859. The van der Waals surface area contributed by atoms with Crippen molar-refractivity contribution in [2.45, 2.75) is 26.4 Å². The molecule has 1 aromatic rings. The molecule has 20 heavy (non-hydrogen) atoms. The molecule has 0 saturated heterocycles. The molecule has 1 amide bonds. The number of rotatable bonds is 8. The summed E-state index contributed by atoms with van der Waals surface area (Å²) in [5.74, 6) is -0.0859. The van der Waals surface area contributed by atoms with Crippen molar-refractivity contribution >= 4 is 11.6 Å². The smallest absolute Gasteiger partial charge is 0.239 e. The Morgan fingerprint density at radius 2 is 2.00 bits per heavy atom. The Kier molecular flexibility index (Phi) is 7.04. The second-order valence-electron chi connectivity index (χ2n) is 4.87. The summed E-state index contributed by atoms with van der Waals surface area (Å²) in [6.45, 7) is 4.98. The summed E-state index contributed by atoms with van der Waals surface area (Å²) < 4.78 is 4.82. The lowest BCUT2D eigenvalue weighted by Gasteiger charge is -2.13. The number of methoxy groups -OCH3 is 1. The molecule has 5 nitrogen and oxygen atoms in total. The summed E-state index contributed by atoms with van der Waals surface area (Å²) >= 11 is 0. The van der Waals surface area contributed by atoms with Gasteiger partial charge in [0.05, 0.1) is 19.3 Å². The Bertz CT molecular complexity index is 415. The number of aryl methyl sites for hydroxylation is 2. The van der Waals surface area contributed by atoms with Gasteiger partial charge in [-0.2, -0.15) is 0 Å². The van der Waals surface area contributed by atoms with Crippen LogP contribution >= 0.6 is 0 Å². The standard InChI is InChI=1S/C15H24N2O3/c1-11-5-4-6-12(2)15(11)17-9-14(19)16-8-7-13(18)10-20-3/h4-6,13,17-18H,7-10H2,1-3H3,(H,16,19). The highest BCUT2D eigenvalue weighted by atomic mass is 16.5. The lowest BCUT2D eigenvalue weighted by Crippen LogP contribution is -2.33. The zero-order valence-electron chi connectivity index (χ0n) is 12.4. The molecule has 1 unspecified atom stereocenters. The van der Waals surface area contributed by atoms with Gasteiger partial charge in [-0.3, -0.25) is 4.79 Å². The van der Waals surface area contributed by atoms with Crippen molar-refractivity contribution in [3.05, 3.63) is 29.3 Å². The van der Waals surface area contributed by atoms with Crippen LogP contribution in [0.3, 0.4) is 0 Å². The number of para-hydroxylation sites is 1. The summed E-state index contributed by atoms with van der Waals surface area (Å²) in [5.41, 5.74) is 3.24. The Labute approximate surface area is 120 Å². The molecule has 0 aromatic heterocycles. The topological polar surface area (TPSA) is 70.6 Å². The molecule has 0 aliphatic carbocycles. The van der Waals surface area contributed by atoms with E-state index in [1.165, 1.54) is 7.11 Å². The van der Waals surface area contributed by atoms with Crippen LogP contribution in [0.15, 0.2) is 18.2 Å². The Balaban J connectivity index is 2.30. The van der Waals surface area contributed by atoms with Crippen LogP contribution in [0.25, 0.3) is 0 Å². The fourth-order valence-corrected chi connectivity index (χ4v) is 1.98. The lowest BCUT2D eigenvalue weighted by molar-refractivity contribution is -0.119. The van der Waals surface area contributed by atoms with E-state index in [9.17, 15) is 9.90 Å². The third-order valence-corrected chi connectivity index (χ3v) is 3.07. The molecule has 1 rings (SSSR count). The quantitative estimate of drug-likeness (QED) is 0.670. The van der Waals surface area contributed by atoms with Crippen molar-refractivity contribution in [1.82, 2.24) is 5.32 Å². The Morgan fingerprint density at radius 1 is 1.35 bits per heavy atom. The third-order valence-electron chi connectivity index (χ3n) is 3.07. The number of hydrogen-bond acceptors (Lipinski definition) is 4. The van der Waals surface area contributed by atoms with E-state index in [0.29, 0.717) is 13.0 Å². The van der Waals surface area contributed by atoms with Gasteiger partial charge in [-0.15, -0.1) is 0 Å². The average Bonchev–Trinajstić information content (AvgIpc) is 2.38. The zero-order valence-corrected chi connectivity index (χ0v) is 12.4. The largest absolute Gasteiger partial charge is 0.391 e. The molecule has 5 heteroatoms. The van der Waals surface area contributed by atoms with Crippen LogP contribution in [0.5, 0.6) is 0 Å². The fourth-order valence-electron chi connectivity index (χ4n) is 1.98. The van der Waals surface area contributed by atoms with Gasteiger partial charge in [0, 0.05) is 19.3 Å². The van der Waals surface area contributed by atoms with Crippen molar-refractivity contribution in [1.29, 1.82) is 0 Å². The van der Waals surface area contributed by atoms with Gasteiger partial charge < -0.3 is 20.5 Å². The first-order valence-electron chi connectivity index (χ1n) is 6.78. The van der Waals surface area contributed by atoms with Crippen LogP contribution < -0.4 is 10.6 Å². The van der Waals surface area contributed by atoms with Crippen LogP contribution in [0.2, 0.25) is 0 Å². The minimum atomic E-state index is -0.535. The van der Waals surface area contributed by atoms with Crippen LogP contribution in [-0.2, 0) is 9.53 Å².